The number of carbonyl (C=O) groups is 4. The molecule has 2 amide bonds. The largest absolute Gasteiger partial charge is 0.378 e. The Morgan fingerprint density at radius 1 is 0.558 bits per heavy atom. The van der Waals surface area contributed by atoms with Crippen molar-refractivity contribution in [1.29, 1.82) is 0 Å². The van der Waals surface area contributed by atoms with Gasteiger partial charge >= 0.3 is 0 Å². The van der Waals surface area contributed by atoms with Crippen LogP contribution in [0.4, 0.5) is 79.3 Å². The van der Waals surface area contributed by atoms with Crippen LogP contribution in [0.1, 0.15) is 58.2 Å². The summed E-state index contributed by atoms with van der Waals surface area (Å²) in [6, 6.07) is 20.9. The number of azo groups is 2. The minimum absolute atomic E-state index is 0.156. The molecule has 5 heterocycles. The lowest BCUT2D eigenvalue weighted by molar-refractivity contribution is -0.120. The second-order valence-corrected chi connectivity index (χ2v) is 26.9. The van der Waals surface area contributed by atoms with E-state index in [9.17, 15) is 45.1 Å². The first-order valence-electron chi connectivity index (χ1n) is 30.0. The quantitative estimate of drug-likeness (QED) is 0.00662. The summed E-state index contributed by atoms with van der Waals surface area (Å²) in [5.41, 5.74) is 3.38. The second-order valence-electron chi connectivity index (χ2n) is 20.8. The number of anilines is 10. The van der Waals surface area contributed by atoms with E-state index in [0.717, 1.165) is 58.3 Å². The smallest absolute Gasteiger partial charge is 0.294 e. The van der Waals surface area contributed by atoms with Crippen molar-refractivity contribution in [2.45, 2.75) is 63.4 Å². The van der Waals surface area contributed by atoms with Crippen molar-refractivity contribution in [2.75, 3.05) is 125 Å². The number of hydrogen-bond donors (Lipinski definition) is 6. The Hall–Kier alpha value is -9.00. The van der Waals surface area contributed by atoms with Crippen molar-refractivity contribution in [3.05, 3.63) is 106 Å². The normalized spacial score (nSPS) is 14.1. The number of morpholine rings is 2. The van der Waals surface area contributed by atoms with Crippen LogP contribution in [0.25, 0.3) is 12.2 Å². The van der Waals surface area contributed by atoms with Gasteiger partial charge in [0.2, 0.25) is 22.2 Å². The molecule has 0 saturated carbocycles. The fourth-order valence-electron chi connectivity index (χ4n) is 9.73. The maximum atomic E-state index is 13.7. The van der Waals surface area contributed by atoms with Gasteiger partial charge in [-0.25, -0.2) is 0 Å². The molecule has 0 bridgehead atoms. The molecule has 2 saturated heterocycles. The molecule has 2 aliphatic heterocycles. The molecule has 95 heavy (non-hydrogen) atoms. The fraction of sp³-hybridized carbons (Fsp3) is 0.328. The van der Waals surface area contributed by atoms with Crippen LogP contribution in [0, 0.1) is 0 Å². The van der Waals surface area contributed by atoms with Gasteiger partial charge in [0.15, 0.2) is 16.7 Å². The SMILES string of the molecule is CCSc1nc(Nc2cc(N(CC)CC)ccc2N=Nc2nc(N3CCOCC3)c(/C=C(/C(C)=O)C(=O)Nc3ccc(S(=O)(=O)O)cc3)s2)nc(Nc2cc(N(CC)CC)ccc2N=Nc2nc(N3CCOCC3)c(/C=C(\C(C)=O)C(=O)Nc3ccc(S(=O)(=O)O)cc3)s2)n1. The van der Waals surface area contributed by atoms with Crippen LogP contribution in [0.3, 0.4) is 0 Å². The van der Waals surface area contributed by atoms with Gasteiger partial charge in [0.05, 0.1) is 68.5 Å². The van der Waals surface area contributed by atoms with Crippen LogP contribution >= 0.6 is 34.4 Å². The molecule has 3 aromatic heterocycles. The number of thiazole rings is 2. The number of amides is 2. The van der Waals surface area contributed by atoms with E-state index in [-0.39, 0.29) is 54.5 Å². The Bertz CT molecular complexity index is 4050. The summed E-state index contributed by atoms with van der Waals surface area (Å²) in [4.78, 5) is 86.3. The van der Waals surface area contributed by atoms with Crippen LogP contribution in [-0.4, -0.2) is 159 Å². The zero-order valence-electron chi connectivity index (χ0n) is 52.8. The van der Waals surface area contributed by atoms with Crippen LogP contribution in [0.2, 0.25) is 0 Å². The number of nitrogens with one attached hydrogen (secondary N) is 4. The molecule has 6 N–H and O–H groups in total. The Kier molecular flexibility index (Phi) is 23.7. The first-order valence-corrected chi connectivity index (χ1v) is 35.5. The molecule has 0 atom stereocenters. The number of thioether (sulfide) groups is 1. The predicted octanol–water partition coefficient (Wildman–Crippen LogP) is 11.3. The lowest BCUT2D eigenvalue weighted by atomic mass is 10.1. The van der Waals surface area contributed by atoms with Gasteiger partial charge in [-0.05, 0) is 144 Å². The van der Waals surface area contributed by atoms with Gasteiger partial charge in [-0.15, -0.1) is 20.5 Å². The molecular formula is C61H69N17O12S5. The fourth-order valence-corrected chi connectivity index (χ4v) is 13.0. The number of nitrogens with zero attached hydrogens (tertiary/aromatic N) is 13. The molecule has 34 heteroatoms. The van der Waals surface area contributed by atoms with Gasteiger partial charge in [-0.1, -0.05) is 41.4 Å². The number of hydrogen-bond acceptors (Lipinski definition) is 28. The summed E-state index contributed by atoms with van der Waals surface area (Å²) in [6.45, 7) is 18.9. The highest BCUT2D eigenvalue weighted by atomic mass is 32.2. The molecule has 29 nitrogen and oxygen atoms in total. The molecule has 2 aliphatic rings. The Morgan fingerprint density at radius 3 is 1.27 bits per heavy atom. The van der Waals surface area contributed by atoms with Crippen molar-refractivity contribution in [3.63, 3.8) is 0 Å². The third kappa shape index (κ3) is 18.5. The van der Waals surface area contributed by atoms with Crippen LogP contribution in [0.5, 0.6) is 0 Å². The molecule has 0 unspecified atom stereocenters. The maximum Gasteiger partial charge on any atom is 0.294 e. The van der Waals surface area contributed by atoms with Crippen molar-refractivity contribution in [2.24, 2.45) is 20.5 Å². The monoisotopic (exact) mass is 1390 g/mol. The number of ether oxygens (including phenoxy) is 2. The van der Waals surface area contributed by atoms with E-state index in [0.29, 0.717) is 134 Å². The van der Waals surface area contributed by atoms with Crippen LogP contribution in [-0.2, 0) is 48.9 Å². The van der Waals surface area contributed by atoms with E-state index in [1.165, 1.54) is 62.0 Å². The average Bonchev–Trinajstić information content (AvgIpc) is 1.80. The number of aromatic nitrogens is 5. The third-order valence-electron chi connectivity index (χ3n) is 14.6. The number of ketones is 2. The van der Waals surface area contributed by atoms with Gasteiger partial charge in [-0.3, -0.25) is 28.3 Å². The predicted molar refractivity (Wildman–Crippen MR) is 369 cm³/mol. The topological polar surface area (TPSA) is 370 Å². The summed E-state index contributed by atoms with van der Waals surface area (Å²) < 4.78 is 76.7. The average molecular weight is 1390 g/mol. The molecule has 0 spiro atoms. The maximum absolute atomic E-state index is 13.7. The molecule has 7 aromatic rings. The zero-order chi connectivity index (χ0) is 68.0. The van der Waals surface area contributed by atoms with E-state index in [4.69, 9.17) is 44.6 Å². The minimum atomic E-state index is -4.49. The van der Waals surface area contributed by atoms with Gasteiger partial charge in [-0.2, -0.15) is 41.8 Å². The van der Waals surface area contributed by atoms with Gasteiger partial charge in [0.1, 0.15) is 23.0 Å². The number of carbonyl (C=O) groups excluding carboxylic acids is 4. The lowest BCUT2D eigenvalue weighted by Crippen LogP contribution is -2.36. The summed E-state index contributed by atoms with van der Waals surface area (Å²) in [7, 11) is -8.97. The van der Waals surface area contributed by atoms with E-state index >= 15 is 0 Å². The first-order chi connectivity index (χ1) is 45.5. The number of benzene rings is 4. The molecule has 0 aliphatic carbocycles. The standard InChI is InChI=1S/C61H69N17O12S5/c1-8-75(9-2)41-17-23-47(71-73-60-66-53(77-25-29-89-30-26-77)51(92-60)35-45(37(6)79)55(81)62-39-13-19-43(20-14-39)94(83,84)85)49(33-41)64-57-68-58(70-59(69-57)91-12-5)65-50-34-42(76(10-3)11-4)18-24-48(50)72-74-61-67-54(78-27-31-90-32-28-78)52(93-61)36-46(38(7)80)56(82)63-40-15-21-44(22-16-40)95(86,87)88/h13-24,33-36H,8-12,25-32H2,1-7H3,(H,62,81)(H,63,82)(H,83,84,85)(H,86,87,88)(H2,64,65,68,69,70)/b45-35-,46-36+,73-71?,74-72?. The molecule has 500 valence electrons. The Morgan fingerprint density at radius 2 is 0.937 bits per heavy atom. The minimum Gasteiger partial charge on any atom is -0.378 e. The Labute approximate surface area is 560 Å². The van der Waals surface area contributed by atoms with Crippen LogP contribution < -0.4 is 40.9 Å². The summed E-state index contributed by atoms with van der Waals surface area (Å²) in [5, 5.41) is 31.5. The Balaban J connectivity index is 1.05. The van der Waals surface area contributed by atoms with Gasteiger partial charge in [0.25, 0.3) is 32.1 Å². The van der Waals surface area contributed by atoms with Crippen molar-refractivity contribution in [1.82, 2.24) is 24.9 Å². The van der Waals surface area contributed by atoms with Crippen molar-refractivity contribution < 1.29 is 54.6 Å². The van der Waals surface area contributed by atoms with E-state index in [2.05, 4.69) is 41.3 Å². The molecule has 9 rings (SSSR count). The molecular weight excluding hydrogens is 1320 g/mol. The van der Waals surface area contributed by atoms with Crippen LogP contribution in [0.15, 0.2) is 131 Å². The second kappa shape index (κ2) is 32.0. The highest BCUT2D eigenvalue weighted by Crippen LogP contribution is 2.41. The lowest BCUT2D eigenvalue weighted by Gasteiger charge is -2.27. The summed E-state index contributed by atoms with van der Waals surface area (Å²) >= 11 is 3.59. The van der Waals surface area contributed by atoms with E-state index in [1.54, 1.807) is 12.1 Å². The number of rotatable bonds is 28. The number of Topliss-reactive ketones (excluding diaryl/α,β-unsaturated/α-hetero) is 2. The van der Waals surface area contributed by atoms with Crippen molar-refractivity contribution >= 4 is 169 Å². The molecule has 4 aromatic carbocycles. The van der Waals surface area contributed by atoms with E-state index < -0.39 is 43.6 Å². The summed E-state index contributed by atoms with van der Waals surface area (Å²) in [6.07, 6.45) is 2.87. The van der Waals surface area contributed by atoms with Crippen molar-refractivity contribution in [3.8, 4) is 0 Å². The highest BCUT2D eigenvalue weighted by molar-refractivity contribution is 7.99. The van der Waals surface area contributed by atoms with Gasteiger partial charge < -0.3 is 50.3 Å². The zero-order valence-corrected chi connectivity index (χ0v) is 56.8. The van der Waals surface area contributed by atoms with Gasteiger partial charge in [0, 0.05) is 75.1 Å². The summed E-state index contributed by atoms with van der Waals surface area (Å²) in [5.74, 6) is -0.807. The van der Waals surface area contributed by atoms with E-state index in [1.807, 2.05) is 68.7 Å². The molecule has 2 fully saturated rings. The molecule has 0 radical (unpaired) electrons. The third-order valence-corrected chi connectivity index (χ3v) is 18.8. The first kappa shape index (κ1) is 70.3. The highest BCUT2D eigenvalue weighted by Gasteiger charge is 2.26.